The third-order valence-corrected chi connectivity index (χ3v) is 7.08. The number of anilines is 1. The first-order chi connectivity index (χ1) is 16.9. The van der Waals surface area contributed by atoms with E-state index in [2.05, 4.69) is 21.2 Å². The number of phenolic OH excluding ortho intramolecular Hbond substituents is 1. The van der Waals surface area contributed by atoms with Gasteiger partial charge in [-0.1, -0.05) is 24.3 Å². The van der Waals surface area contributed by atoms with Crippen LogP contribution in [0.2, 0.25) is 0 Å². The summed E-state index contributed by atoms with van der Waals surface area (Å²) in [6, 6.07) is 12.5. The zero-order valence-corrected chi connectivity index (χ0v) is 21.0. The molecule has 2 N–H and O–H groups in total. The number of para-hydroxylation sites is 1. The molecule has 186 valence electrons. The highest BCUT2D eigenvalue weighted by atomic mass is 79.9. The minimum absolute atomic E-state index is 0.0131. The molecule has 2 aliphatic rings. The van der Waals surface area contributed by atoms with Crippen LogP contribution in [0.3, 0.4) is 0 Å². The van der Waals surface area contributed by atoms with Gasteiger partial charge in [-0.15, -0.1) is 0 Å². The van der Waals surface area contributed by atoms with Gasteiger partial charge in [-0.25, -0.2) is 14.4 Å². The number of fused-ring (bicyclic) bond motifs is 1. The standard InChI is InChI=1S/C25H28BrN3O6/c1-34-23(31)22(15-16-6-7-21(30)19(26)14-16)35-25(33)28-11-9-18(10-12-28)29-13-8-17-4-2-3-5-20(17)27-24(29)32/h2-7,14,18,22,30H,8-13,15H2,1H3,(H,27,32). The number of halogens is 1. The molecule has 1 unspecified atom stereocenters. The van der Waals surface area contributed by atoms with Gasteiger partial charge in [0.2, 0.25) is 6.10 Å². The van der Waals surface area contributed by atoms with Gasteiger partial charge >= 0.3 is 18.1 Å². The Kier molecular flexibility index (Phi) is 7.80. The van der Waals surface area contributed by atoms with Crippen molar-refractivity contribution in [3.8, 4) is 5.75 Å². The lowest BCUT2D eigenvalue weighted by atomic mass is 10.0. The Morgan fingerprint density at radius 1 is 1.17 bits per heavy atom. The molecule has 0 aliphatic carbocycles. The maximum absolute atomic E-state index is 12.8. The summed E-state index contributed by atoms with van der Waals surface area (Å²) in [5.41, 5.74) is 2.65. The first-order valence-electron chi connectivity index (χ1n) is 11.5. The SMILES string of the molecule is COC(=O)C(Cc1ccc(O)c(Br)c1)OC(=O)N1CCC(N2CCc3ccccc3NC2=O)CC1. The second kappa shape index (κ2) is 11.0. The van der Waals surface area contributed by atoms with Gasteiger partial charge in [-0.3, -0.25) is 0 Å². The van der Waals surface area contributed by atoms with Crippen LogP contribution in [0.5, 0.6) is 5.75 Å². The van der Waals surface area contributed by atoms with Crippen molar-refractivity contribution in [3.05, 3.63) is 58.1 Å². The van der Waals surface area contributed by atoms with Crippen LogP contribution < -0.4 is 5.32 Å². The fourth-order valence-electron chi connectivity index (χ4n) is 4.49. The minimum Gasteiger partial charge on any atom is -0.507 e. The molecular weight excluding hydrogens is 518 g/mol. The van der Waals surface area contributed by atoms with Crippen LogP contribution in [-0.2, 0) is 27.1 Å². The third-order valence-electron chi connectivity index (χ3n) is 6.45. The topological polar surface area (TPSA) is 108 Å². The second-order valence-electron chi connectivity index (χ2n) is 8.63. The third kappa shape index (κ3) is 5.87. The number of carbonyl (C=O) groups is 3. The molecular formula is C25H28BrN3O6. The number of aromatic hydroxyl groups is 1. The van der Waals surface area contributed by atoms with Gasteiger partial charge in [0.25, 0.3) is 0 Å². The quantitative estimate of drug-likeness (QED) is 0.551. The van der Waals surface area contributed by atoms with E-state index in [9.17, 15) is 19.5 Å². The Labute approximate surface area is 212 Å². The molecule has 1 saturated heterocycles. The molecule has 2 aromatic carbocycles. The number of nitrogens with zero attached hydrogens (tertiary/aromatic N) is 2. The molecule has 3 amide bonds. The number of hydrogen-bond acceptors (Lipinski definition) is 6. The lowest BCUT2D eigenvalue weighted by Gasteiger charge is -2.37. The van der Waals surface area contributed by atoms with Crippen molar-refractivity contribution in [1.29, 1.82) is 0 Å². The van der Waals surface area contributed by atoms with E-state index in [1.807, 2.05) is 29.2 Å². The Balaban J connectivity index is 1.34. The maximum atomic E-state index is 12.8. The van der Waals surface area contributed by atoms with Gasteiger partial charge in [0.1, 0.15) is 5.75 Å². The summed E-state index contributed by atoms with van der Waals surface area (Å²) in [5.74, 6) is -0.580. The second-order valence-corrected chi connectivity index (χ2v) is 9.49. The zero-order chi connectivity index (χ0) is 24.9. The van der Waals surface area contributed by atoms with E-state index in [-0.39, 0.29) is 24.2 Å². The Bertz CT molecular complexity index is 1100. The van der Waals surface area contributed by atoms with Gasteiger partial charge in [-0.05, 0) is 64.5 Å². The summed E-state index contributed by atoms with van der Waals surface area (Å²) in [5, 5.41) is 12.7. The number of amides is 3. The fraction of sp³-hybridized carbons (Fsp3) is 0.400. The largest absolute Gasteiger partial charge is 0.507 e. The summed E-state index contributed by atoms with van der Waals surface area (Å²) in [6.45, 7) is 1.45. The highest BCUT2D eigenvalue weighted by Crippen LogP contribution is 2.27. The van der Waals surface area contributed by atoms with Crippen molar-refractivity contribution < 1.29 is 29.0 Å². The van der Waals surface area contributed by atoms with Crippen LogP contribution in [0.25, 0.3) is 0 Å². The summed E-state index contributed by atoms with van der Waals surface area (Å²) in [4.78, 5) is 41.3. The predicted molar refractivity (Wildman–Crippen MR) is 132 cm³/mol. The number of phenols is 1. The number of nitrogens with one attached hydrogen (secondary N) is 1. The van der Waals surface area contributed by atoms with Crippen LogP contribution >= 0.6 is 15.9 Å². The summed E-state index contributed by atoms with van der Waals surface area (Å²) in [7, 11) is 1.24. The number of hydrogen-bond donors (Lipinski definition) is 2. The van der Waals surface area contributed by atoms with E-state index in [1.54, 1.807) is 17.0 Å². The molecule has 35 heavy (non-hydrogen) atoms. The molecule has 1 atom stereocenters. The van der Waals surface area contributed by atoms with Crippen LogP contribution in [0.15, 0.2) is 46.9 Å². The zero-order valence-electron chi connectivity index (χ0n) is 19.4. The number of esters is 1. The number of urea groups is 1. The Morgan fingerprint density at radius 2 is 1.91 bits per heavy atom. The molecule has 1 fully saturated rings. The van der Waals surface area contributed by atoms with Crippen molar-refractivity contribution in [2.24, 2.45) is 0 Å². The number of piperidine rings is 1. The summed E-state index contributed by atoms with van der Waals surface area (Å²) >= 11 is 3.24. The smallest absolute Gasteiger partial charge is 0.410 e. The molecule has 4 rings (SSSR count). The number of benzene rings is 2. The van der Waals surface area contributed by atoms with E-state index in [1.165, 1.54) is 13.2 Å². The van der Waals surface area contributed by atoms with E-state index in [0.717, 1.165) is 17.7 Å². The Morgan fingerprint density at radius 3 is 2.63 bits per heavy atom. The van der Waals surface area contributed by atoms with Crippen molar-refractivity contribution in [3.63, 3.8) is 0 Å². The molecule has 0 aromatic heterocycles. The lowest BCUT2D eigenvalue weighted by Crippen LogP contribution is -2.50. The number of likely N-dealkylation sites (tertiary alicyclic amines) is 1. The molecule has 2 heterocycles. The van der Waals surface area contributed by atoms with Crippen LogP contribution in [0.1, 0.15) is 24.0 Å². The van der Waals surface area contributed by atoms with Gasteiger partial charge in [-0.2, -0.15) is 0 Å². The first-order valence-corrected chi connectivity index (χ1v) is 12.3. The van der Waals surface area contributed by atoms with E-state index < -0.39 is 18.2 Å². The maximum Gasteiger partial charge on any atom is 0.410 e. The molecule has 0 bridgehead atoms. The molecule has 0 spiro atoms. The molecule has 2 aliphatic heterocycles. The minimum atomic E-state index is -1.11. The molecule has 0 radical (unpaired) electrons. The van der Waals surface area contributed by atoms with E-state index in [0.29, 0.717) is 42.5 Å². The number of rotatable bonds is 5. The van der Waals surface area contributed by atoms with Crippen molar-refractivity contribution in [2.75, 3.05) is 32.1 Å². The highest BCUT2D eigenvalue weighted by molar-refractivity contribution is 9.10. The highest BCUT2D eigenvalue weighted by Gasteiger charge is 2.33. The van der Waals surface area contributed by atoms with Gasteiger partial charge in [0, 0.05) is 37.8 Å². The monoisotopic (exact) mass is 545 g/mol. The van der Waals surface area contributed by atoms with Crippen molar-refractivity contribution >= 4 is 39.7 Å². The number of methoxy groups -OCH3 is 1. The molecule has 9 nitrogen and oxygen atoms in total. The van der Waals surface area contributed by atoms with Crippen LogP contribution in [0, 0.1) is 0 Å². The average Bonchev–Trinajstić information content (AvgIpc) is 3.03. The van der Waals surface area contributed by atoms with E-state index >= 15 is 0 Å². The summed E-state index contributed by atoms with van der Waals surface area (Å²) < 4.78 is 10.8. The van der Waals surface area contributed by atoms with Crippen molar-refractivity contribution in [2.45, 2.75) is 37.8 Å². The van der Waals surface area contributed by atoms with Gasteiger partial charge < -0.3 is 29.7 Å². The summed E-state index contributed by atoms with van der Waals surface area (Å²) in [6.07, 6.45) is 0.411. The number of ether oxygens (including phenoxy) is 2. The van der Waals surface area contributed by atoms with E-state index in [4.69, 9.17) is 9.47 Å². The Hall–Kier alpha value is -3.27. The normalized spacial score (nSPS) is 17.1. The molecule has 2 aromatic rings. The fourth-order valence-corrected chi connectivity index (χ4v) is 4.92. The number of carbonyl (C=O) groups excluding carboxylic acids is 3. The molecule has 0 saturated carbocycles. The van der Waals surface area contributed by atoms with Crippen molar-refractivity contribution in [1.82, 2.24) is 9.80 Å². The first kappa shape index (κ1) is 24.8. The predicted octanol–water partition coefficient (Wildman–Crippen LogP) is 3.93. The van der Waals surface area contributed by atoms with Gasteiger partial charge in [0.15, 0.2) is 0 Å². The van der Waals surface area contributed by atoms with Gasteiger partial charge in [0.05, 0.1) is 11.6 Å². The van der Waals surface area contributed by atoms with Crippen LogP contribution in [-0.4, -0.2) is 71.9 Å². The average molecular weight is 546 g/mol. The lowest BCUT2D eigenvalue weighted by molar-refractivity contribution is -0.151. The van der Waals surface area contributed by atoms with Crippen LogP contribution in [0.4, 0.5) is 15.3 Å². The molecule has 10 heteroatoms.